The Bertz CT molecular complexity index is 1020. The van der Waals surface area contributed by atoms with Crippen molar-refractivity contribution in [3.8, 4) is 5.75 Å². The van der Waals surface area contributed by atoms with Crippen molar-refractivity contribution >= 4 is 35.5 Å². The van der Waals surface area contributed by atoms with E-state index in [9.17, 15) is 24.3 Å². The van der Waals surface area contributed by atoms with Gasteiger partial charge in [0.2, 0.25) is 17.7 Å². The molecule has 0 spiro atoms. The SMILES string of the molecule is CSCCC(NC(=O)C(N)Cc1ccccc1)C(=O)NC(Cc1ccc(O)cc1)C(=O)NCC(=O)O. The number of carboxylic acids is 1. The Labute approximate surface area is 214 Å². The standard InChI is InChI=1S/C25H32N4O6S/c1-36-12-11-20(28-23(33)19(26)13-16-5-3-2-4-6-16)25(35)29-21(24(34)27-15-22(31)32)14-17-7-9-18(30)10-8-17/h2-10,19-21,30H,11-15,26H2,1H3,(H,27,34)(H,28,33)(H,29,35)(H,31,32). The van der Waals surface area contributed by atoms with Crippen molar-refractivity contribution in [2.75, 3.05) is 18.6 Å². The molecule has 3 amide bonds. The van der Waals surface area contributed by atoms with E-state index in [0.717, 1.165) is 5.56 Å². The number of carboxylic acid groups (broad SMARTS) is 1. The lowest BCUT2D eigenvalue weighted by Gasteiger charge is -2.24. The first-order valence-corrected chi connectivity index (χ1v) is 12.8. The van der Waals surface area contributed by atoms with Gasteiger partial charge in [0.25, 0.3) is 0 Å². The molecular weight excluding hydrogens is 484 g/mol. The third-order valence-electron chi connectivity index (χ3n) is 5.30. The molecule has 0 aliphatic rings. The van der Waals surface area contributed by atoms with E-state index in [2.05, 4.69) is 16.0 Å². The number of aliphatic carboxylic acids is 1. The van der Waals surface area contributed by atoms with Crippen LogP contribution in [0.3, 0.4) is 0 Å². The van der Waals surface area contributed by atoms with Gasteiger partial charge in [-0.25, -0.2) is 0 Å². The number of carbonyl (C=O) groups excluding carboxylic acids is 3. The second kappa shape index (κ2) is 14.7. The number of carbonyl (C=O) groups is 4. The van der Waals surface area contributed by atoms with Crippen LogP contribution in [0.4, 0.5) is 0 Å². The largest absolute Gasteiger partial charge is 0.508 e. The van der Waals surface area contributed by atoms with Gasteiger partial charge in [-0.3, -0.25) is 19.2 Å². The Morgan fingerprint density at radius 3 is 2.08 bits per heavy atom. The zero-order valence-corrected chi connectivity index (χ0v) is 20.8. The smallest absolute Gasteiger partial charge is 0.322 e. The van der Waals surface area contributed by atoms with E-state index in [1.807, 2.05) is 36.6 Å². The zero-order valence-electron chi connectivity index (χ0n) is 20.0. The second-order valence-corrected chi connectivity index (χ2v) is 9.17. The van der Waals surface area contributed by atoms with Crippen LogP contribution in [0, 0.1) is 0 Å². The zero-order chi connectivity index (χ0) is 26.5. The minimum absolute atomic E-state index is 0.0429. The highest BCUT2D eigenvalue weighted by Gasteiger charge is 2.28. The summed E-state index contributed by atoms with van der Waals surface area (Å²) in [5.74, 6) is -2.38. The number of amides is 3. The van der Waals surface area contributed by atoms with Gasteiger partial charge in [0.1, 0.15) is 24.4 Å². The average Bonchev–Trinajstić information content (AvgIpc) is 2.86. The average molecular weight is 517 g/mol. The molecule has 3 atom stereocenters. The maximum absolute atomic E-state index is 13.2. The monoisotopic (exact) mass is 516 g/mol. The molecule has 2 aromatic carbocycles. The molecule has 0 aromatic heterocycles. The highest BCUT2D eigenvalue weighted by molar-refractivity contribution is 7.98. The van der Waals surface area contributed by atoms with Crippen molar-refractivity contribution in [1.82, 2.24) is 16.0 Å². The minimum atomic E-state index is -1.23. The number of aromatic hydroxyl groups is 1. The maximum atomic E-state index is 13.2. The predicted molar refractivity (Wildman–Crippen MR) is 137 cm³/mol. The van der Waals surface area contributed by atoms with E-state index < -0.39 is 48.4 Å². The van der Waals surface area contributed by atoms with Crippen molar-refractivity contribution in [2.45, 2.75) is 37.4 Å². The van der Waals surface area contributed by atoms with Crippen LogP contribution in [-0.4, -0.2) is 70.6 Å². The number of nitrogens with one attached hydrogen (secondary N) is 3. The number of phenolic OH excluding ortho intramolecular Hbond substituents is 1. The summed E-state index contributed by atoms with van der Waals surface area (Å²) in [5, 5.41) is 26.0. The van der Waals surface area contributed by atoms with Gasteiger partial charge in [0.15, 0.2) is 0 Å². The molecule has 0 fully saturated rings. The summed E-state index contributed by atoms with van der Waals surface area (Å²) in [6.07, 6.45) is 2.52. The van der Waals surface area contributed by atoms with Crippen LogP contribution in [0.5, 0.6) is 5.75 Å². The summed E-state index contributed by atoms with van der Waals surface area (Å²) in [4.78, 5) is 49.5. The molecule has 0 saturated heterocycles. The van der Waals surface area contributed by atoms with Gasteiger partial charge in [-0.05, 0) is 48.1 Å². The first-order valence-electron chi connectivity index (χ1n) is 11.4. The number of hydrogen-bond acceptors (Lipinski definition) is 7. The molecule has 2 aromatic rings. The van der Waals surface area contributed by atoms with E-state index in [1.165, 1.54) is 23.9 Å². The Kier molecular flexibility index (Phi) is 11.7. The quantitative estimate of drug-likeness (QED) is 0.210. The Morgan fingerprint density at radius 2 is 1.47 bits per heavy atom. The van der Waals surface area contributed by atoms with E-state index in [1.54, 1.807) is 12.1 Å². The van der Waals surface area contributed by atoms with Gasteiger partial charge in [-0.1, -0.05) is 42.5 Å². The fourth-order valence-corrected chi connectivity index (χ4v) is 3.85. The van der Waals surface area contributed by atoms with Gasteiger partial charge in [-0.15, -0.1) is 0 Å². The summed E-state index contributed by atoms with van der Waals surface area (Å²) in [5.41, 5.74) is 7.59. The molecule has 0 aliphatic carbocycles. The number of benzene rings is 2. The van der Waals surface area contributed by atoms with Crippen LogP contribution in [0.2, 0.25) is 0 Å². The topological polar surface area (TPSA) is 171 Å². The maximum Gasteiger partial charge on any atom is 0.322 e. The highest BCUT2D eigenvalue weighted by atomic mass is 32.2. The number of hydrogen-bond donors (Lipinski definition) is 6. The van der Waals surface area contributed by atoms with Crippen LogP contribution in [0.1, 0.15) is 17.5 Å². The molecule has 7 N–H and O–H groups in total. The predicted octanol–water partition coefficient (Wildman–Crippen LogP) is 0.428. The lowest BCUT2D eigenvalue weighted by molar-refractivity contribution is -0.138. The van der Waals surface area contributed by atoms with Gasteiger partial charge in [-0.2, -0.15) is 11.8 Å². The normalized spacial score (nSPS) is 13.2. The summed E-state index contributed by atoms with van der Waals surface area (Å²) >= 11 is 1.50. The Morgan fingerprint density at radius 1 is 0.861 bits per heavy atom. The van der Waals surface area contributed by atoms with Gasteiger partial charge in [0, 0.05) is 6.42 Å². The molecule has 2 rings (SSSR count). The van der Waals surface area contributed by atoms with Crippen LogP contribution in [0.25, 0.3) is 0 Å². The fourth-order valence-electron chi connectivity index (χ4n) is 3.38. The first-order chi connectivity index (χ1) is 17.2. The Hall–Kier alpha value is -3.57. The van der Waals surface area contributed by atoms with Gasteiger partial charge >= 0.3 is 5.97 Å². The summed E-state index contributed by atoms with van der Waals surface area (Å²) in [6, 6.07) is 12.4. The molecule has 0 aliphatic heterocycles. The molecule has 194 valence electrons. The molecule has 36 heavy (non-hydrogen) atoms. The molecule has 3 unspecified atom stereocenters. The summed E-state index contributed by atoms with van der Waals surface area (Å²) in [6.45, 7) is -0.609. The van der Waals surface area contributed by atoms with Crippen LogP contribution >= 0.6 is 11.8 Å². The molecule has 11 heteroatoms. The van der Waals surface area contributed by atoms with E-state index >= 15 is 0 Å². The van der Waals surface area contributed by atoms with Crippen molar-refractivity contribution in [3.05, 3.63) is 65.7 Å². The lowest BCUT2D eigenvalue weighted by Crippen LogP contribution is -2.56. The molecule has 0 bridgehead atoms. The number of nitrogens with two attached hydrogens (primary N) is 1. The van der Waals surface area contributed by atoms with Crippen LogP contribution in [0.15, 0.2) is 54.6 Å². The van der Waals surface area contributed by atoms with Gasteiger partial charge < -0.3 is 31.9 Å². The molecule has 10 nitrogen and oxygen atoms in total. The molecule has 0 radical (unpaired) electrons. The van der Waals surface area contributed by atoms with Crippen molar-refractivity contribution in [1.29, 1.82) is 0 Å². The van der Waals surface area contributed by atoms with Gasteiger partial charge in [0.05, 0.1) is 6.04 Å². The number of rotatable bonds is 14. The van der Waals surface area contributed by atoms with Crippen molar-refractivity contribution in [3.63, 3.8) is 0 Å². The van der Waals surface area contributed by atoms with Crippen molar-refractivity contribution < 1.29 is 29.4 Å². The lowest BCUT2D eigenvalue weighted by atomic mass is 10.0. The Balaban J connectivity index is 2.12. The first kappa shape index (κ1) is 28.7. The van der Waals surface area contributed by atoms with Crippen LogP contribution in [-0.2, 0) is 32.0 Å². The highest BCUT2D eigenvalue weighted by Crippen LogP contribution is 2.12. The molecular formula is C25H32N4O6S. The third kappa shape index (κ3) is 9.96. The summed E-state index contributed by atoms with van der Waals surface area (Å²) < 4.78 is 0. The summed E-state index contributed by atoms with van der Waals surface area (Å²) in [7, 11) is 0. The van der Waals surface area contributed by atoms with E-state index in [4.69, 9.17) is 10.8 Å². The second-order valence-electron chi connectivity index (χ2n) is 8.18. The number of phenols is 1. The van der Waals surface area contributed by atoms with Crippen LogP contribution < -0.4 is 21.7 Å². The molecule has 0 heterocycles. The third-order valence-corrected chi connectivity index (χ3v) is 5.95. The number of thioether (sulfide) groups is 1. The minimum Gasteiger partial charge on any atom is -0.508 e. The molecule has 0 saturated carbocycles. The van der Waals surface area contributed by atoms with E-state index in [-0.39, 0.29) is 12.2 Å². The van der Waals surface area contributed by atoms with Crippen molar-refractivity contribution in [2.24, 2.45) is 5.73 Å². The fraction of sp³-hybridized carbons (Fsp3) is 0.360. The van der Waals surface area contributed by atoms with E-state index in [0.29, 0.717) is 24.2 Å².